The lowest BCUT2D eigenvalue weighted by Crippen LogP contribution is -2.32. The van der Waals surface area contributed by atoms with E-state index >= 15 is 0 Å². The van der Waals surface area contributed by atoms with Gasteiger partial charge in [0.25, 0.3) is 0 Å². The number of rotatable bonds is 12. The zero-order valence-electron chi connectivity index (χ0n) is 11.2. The van der Waals surface area contributed by atoms with Crippen LogP contribution in [0.15, 0.2) is 0 Å². The van der Waals surface area contributed by atoms with Crippen LogP contribution in [0, 0.1) is 5.41 Å². The fourth-order valence-corrected chi connectivity index (χ4v) is 1.50. The van der Waals surface area contributed by atoms with E-state index in [0.29, 0.717) is 6.42 Å². The van der Waals surface area contributed by atoms with Gasteiger partial charge in [0.05, 0.1) is 19.0 Å². The molecular formula is C12H27N3O2. The highest BCUT2D eigenvalue weighted by Gasteiger charge is 2.04. The van der Waals surface area contributed by atoms with Gasteiger partial charge in [0.2, 0.25) is 0 Å². The first-order chi connectivity index (χ1) is 8.20. The van der Waals surface area contributed by atoms with Crippen molar-refractivity contribution in [3.63, 3.8) is 0 Å². The quantitative estimate of drug-likeness (QED) is 0.306. The molecule has 3 N–H and O–H groups in total. The minimum atomic E-state index is 0.263. The van der Waals surface area contributed by atoms with Gasteiger partial charge in [-0.05, 0) is 26.8 Å². The molecule has 0 atom stereocenters. The second kappa shape index (κ2) is 11.8. The highest BCUT2D eigenvalue weighted by Crippen LogP contribution is 1.96. The predicted molar refractivity (Wildman–Crippen MR) is 70.6 cm³/mol. The van der Waals surface area contributed by atoms with E-state index in [4.69, 9.17) is 20.6 Å². The first-order valence-corrected chi connectivity index (χ1v) is 6.41. The molecule has 0 rings (SSSR count). The molecular weight excluding hydrogens is 218 g/mol. The highest BCUT2D eigenvalue weighted by atomic mass is 16.5. The third-order valence-electron chi connectivity index (χ3n) is 2.43. The van der Waals surface area contributed by atoms with E-state index in [2.05, 4.69) is 4.90 Å². The number of nitrogens with one attached hydrogen (secondary N) is 1. The van der Waals surface area contributed by atoms with Crippen LogP contribution in [-0.4, -0.2) is 56.8 Å². The Labute approximate surface area is 105 Å². The zero-order valence-corrected chi connectivity index (χ0v) is 11.2. The van der Waals surface area contributed by atoms with Gasteiger partial charge >= 0.3 is 0 Å². The monoisotopic (exact) mass is 245 g/mol. The van der Waals surface area contributed by atoms with Crippen LogP contribution in [0.1, 0.15) is 26.7 Å². The molecule has 0 bridgehead atoms. The van der Waals surface area contributed by atoms with E-state index in [1.807, 2.05) is 13.8 Å². The largest absolute Gasteiger partial charge is 0.388 e. The summed E-state index contributed by atoms with van der Waals surface area (Å²) in [5.41, 5.74) is 5.34. The molecule has 0 aliphatic rings. The number of nitrogens with two attached hydrogens (primary N) is 1. The fourth-order valence-electron chi connectivity index (χ4n) is 1.50. The lowest BCUT2D eigenvalue weighted by atomic mass is 10.2. The van der Waals surface area contributed by atoms with E-state index in [1.165, 1.54) is 0 Å². The normalized spacial score (nSPS) is 11.0. The molecule has 0 aromatic carbocycles. The Morgan fingerprint density at radius 1 is 1.06 bits per heavy atom. The summed E-state index contributed by atoms with van der Waals surface area (Å²) in [7, 11) is 0. The maximum Gasteiger partial charge on any atom is 0.0905 e. The van der Waals surface area contributed by atoms with Gasteiger partial charge in [0.1, 0.15) is 0 Å². The van der Waals surface area contributed by atoms with Crippen LogP contribution in [-0.2, 0) is 9.47 Å². The van der Waals surface area contributed by atoms with Crippen molar-refractivity contribution in [3.05, 3.63) is 0 Å². The maximum absolute atomic E-state index is 7.18. The first kappa shape index (κ1) is 16.4. The van der Waals surface area contributed by atoms with Crippen molar-refractivity contribution in [1.29, 1.82) is 5.41 Å². The minimum Gasteiger partial charge on any atom is -0.388 e. The van der Waals surface area contributed by atoms with Crippen LogP contribution >= 0.6 is 0 Å². The van der Waals surface area contributed by atoms with Crippen LogP contribution in [0.2, 0.25) is 0 Å². The van der Waals surface area contributed by atoms with Gasteiger partial charge in [-0.15, -0.1) is 0 Å². The number of nitrogens with zero attached hydrogens (tertiary/aromatic N) is 1. The van der Waals surface area contributed by atoms with Crippen molar-refractivity contribution in [2.75, 3.05) is 46.1 Å². The molecule has 0 heterocycles. The number of ether oxygens (including phenoxy) is 2. The van der Waals surface area contributed by atoms with Crippen LogP contribution in [0.25, 0.3) is 0 Å². The fraction of sp³-hybridized carbons (Fsp3) is 0.917. The van der Waals surface area contributed by atoms with Gasteiger partial charge in [0.15, 0.2) is 0 Å². The molecule has 17 heavy (non-hydrogen) atoms. The van der Waals surface area contributed by atoms with Crippen molar-refractivity contribution in [3.8, 4) is 0 Å². The summed E-state index contributed by atoms with van der Waals surface area (Å²) >= 11 is 0. The molecule has 102 valence electrons. The van der Waals surface area contributed by atoms with Gasteiger partial charge in [-0.1, -0.05) is 0 Å². The van der Waals surface area contributed by atoms with E-state index in [1.54, 1.807) is 0 Å². The van der Waals surface area contributed by atoms with Crippen LogP contribution in [0.5, 0.6) is 0 Å². The van der Waals surface area contributed by atoms with Crippen molar-refractivity contribution in [1.82, 2.24) is 4.90 Å². The smallest absolute Gasteiger partial charge is 0.0905 e. The second-order valence-electron chi connectivity index (χ2n) is 3.86. The van der Waals surface area contributed by atoms with Gasteiger partial charge in [-0.25, -0.2) is 0 Å². The van der Waals surface area contributed by atoms with Gasteiger partial charge in [-0.2, -0.15) is 0 Å². The summed E-state index contributed by atoms with van der Waals surface area (Å²) in [5.74, 6) is 0.263. The molecule has 0 aromatic rings. The second-order valence-corrected chi connectivity index (χ2v) is 3.86. The molecule has 5 heteroatoms. The molecule has 5 nitrogen and oxygen atoms in total. The van der Waals surface area contributed by atoms with Crippen LogP contribution < -0.4 is 5.73 Å². The topological polar surface area (TPSA) is 71.6 Å². The van der Waals surface area contributed by atoms with E-state index in [-0.39, 0.29) is 5.84 Å². The number of hydrogen-bond donors (Lipinski definition) is 2. The average Bonchev–Trinajstić information content (AvgIpc) is 2.28. The molecule has 0 saturated heterocycles. The van der Waals surface area contributed by atoms with Crippen molar-refractivity contribution in [2.45, 2.75) is 26.7 Å². The summed E-state index contributed by atoms with van der Waals surface area (Å²) in [6, 6.07) is 0. The summed E-state index contributed by atoms with van der Waals surface area (Å²) in [6.07, 6.45) is 1.59. The Morgan fingerprint density at radius 2 is 1.59 bits per heavy atom. The highest BCUT2D eigenvalue weighted by molar-refractivity contribution is 5.76. The van der Waals surface area contributed by atoms with E-state index in [0.717, 1.165) is 52.5 Å². The Bertz CT molecular complexity index is 179. The summed E-state index contributed by atoms with van der Waals surface area (Å²) in [5, 5.41) is 7.18. The molecule has 0 radical (unpaired) electrons. The van der Waals surface area contributed by atoms with Crippen molar-refractivity contribution in [2.24, 2.45) is 5.73 Å². The van der Waals surface area contributed by atoms with Crippen LogP contribution in [0.3, 0.4) is 0 Å². The molecule has 0 amide bonds. The standard InChI is InChI=1S/C12H27N3O2/c1-3-16-10-8-15(9-11-17-4-2)7-5-6-12(13)14/h3-11H2,1-2H3,(H3,13,14). The zero-order chi connectivity index (χ0) is 12.9. The minimum absolute atomic E-state index is 0.263. The summed E-state index contributed by atoms with van der Waals surface area (Å²) in [4.78, 5) is 2.30. The molecule has 0 aliphatic carbocycles. The molecule has 0 saturated carbocycles. The average molecular weight is 245 g/mol. The predicted octanol–water partition coefficient (Wildman–Crippen LogP) is 1.08. The number of hydrogen-bond acceptors (Lipinski definition) is 4. The molecule has 0 unspecified atom stereocenters. The van der Waals surface area contributed by atoms with E-state index in [9.17, 15) is 0 Å². The van der Waals surface area contributed by atoms with Crippen LogP contribution in [0.4, 0.5) is 0 Å². The molecule has 0 fully saturated rings. The maximum atomic E-state index is 7.18. The SMILES string of the molecule is CCOCCN(CCCC(=N)N)CCOCC. The van der Waals surface area contributed by atoms with Crippen molar-refractivity contribution >= 4 is 5.84 Å². The van der Waals surface area contributed by atoms with Crippen molar-refractivity contribution < 1.29 is 9.47 Å². The Kier molecular flexibility index (Phi) is 11.4. The summed E-state index contributed by atoms with van der Waals surface area (Å²) in [6.45, 7) is 9.79. The first-order valence-electron chi connectivity index (χ1n) is 6.41. The van der Waals surface area contributed by atoms with Gasteiger partial charge in [0, 0.05) is 32.7 Å². The Balaban J connectivity index is 3.71. The summed E-state index contributed by atoms with van der Waals surface area (Å²) < 4.78 is 10.7. The Morgan fingerprint density at radius 3 is 2.00 bits per heavy atom. The van der Waals surface area contributed by atoms with Gasteiger partial charge < -0.3 is 15.2 Å². The molecule has 0 spiro atoms. The molecule has 0 aliphatic heterocycles. The van der Waals surface area contributed by atoms with Gasteiger partial charge in [-0.3, -0.25) is 10.3 Å². The Hall–Kier alpha value is -0.650. The number of amidine groups is 1. The lowest BCUT2D eigenvalue weighted by molar-refractivity contribution is 0.0826. The van der Waals surface area contributed by atoms with E-state index < -0.39 is 0 Å². The lowest BCUT2D eigenvalue weighted by Gasteiger charge is -2.21. The third kappa shape index (κ3) is 11.6. The third-order valence-corrected chi connectivity index (χ3v) is 2.43. The molecule has 0 aromatic heterocycles.